The molecule has 0 spiro atoms. The highest BCUT2D eigenvalue weighted by molar-refractivity contribution is 5.35. The second-order valence-corrected chi connectivity index (χ2v) is 7.50. The number of rotatable bonds is 6. The lowest BCUT2D eigenvalue weighted by molar-refractivity contribution is -0.185. The van der Waals surface area contributed by atoms with Crippen LogP contribution in [0.2, 0.25) is 0 Å². The number of nitrogens with zero attached hydrogens (tertiary/aromatic N) is 1. The van der Waals surface area contributed by atoms with Crippen LogP contribution in [0.3, 0.4) is 0 Å². The Kier molecular flexibility index (Phi) is 6.28. The molecule has 0 heterocycles. The van der Waals surface area contributed by atoms with E-state index in [-0.39, 0.29) is 11.3 Å². The fourth-order valence-electron chi connectivity index (χ4n) is 3.99. The zero-order chi connectivity index (χ0) is 20.1. The third-order valence-electron chi connectivity index (χ3n) is 5.57. The van der Waals surface area contributed by atoms with Crippen molar-refractivity contribution in [2.45, 2.75) is 57.5 Å². The van der Waals surface area contributed by atoms with Gasteiger partial charge in [-0.1, -0.05) is 31.9 Å². The Bertz CT molecular complexity index is 834. The van der Waals surface area contributed by atoms with E-state index in [4.69, 9.17) is 10.00 Å². The molecule has 0 radical (unpaired) electrons. The van der Waals surface area contributed by atoms with Gasteiger partial charge in [0.1, 0.15) is 17.6 Å². The lowest BCUT2D eigenvalue weighted by Gasteiger charge is -2.28. The number of halogens is 3. The first-order valence-electron chi connectivity index (χ1n) is 9.80. The Morgan fingerprint density at radius 3 is 2.32 bits per heavy atom. The number of hydrogen-bond donors (Lipinski definition) is 0. The Morgan fingerprint density at radius 2 is 1.75 bits per heavy atom. The molecule has 0 aliphatic heterocycles. The van der Waals surface area contributed by atoms with Gasteiger partial charge in [-0.25, -0.2) is 4.39 Å². The molecule has 0 aromatic heterocycles. The molecule has 1 aliphatic rings. The van der Waals surface area contributed by atoms with Crippen LogP contribution in [0.1, 0.15) is 68.1 Å². The maximum Gasteiger partial charge on any atom is 0.426 e. The first-order chi connectivity index (χ1) is 13.4. The molecule has 0 saturated heterocycles. The number of nitriles is 1. The molecule has 0 atom stereocenters. The summed E-state index contributed by atoms with van der Waals surface area (Å²) in [7, 11) is 0. The minimum absolute atomic E-state index is 0.0261. The average molecular weight is 387 g/mol. The monoisotopic (exact) mass is 387 g/mol. The van der Waals surface area contributed by atoms with Crippen LogP contribution >= 0.6 is 0 Å². The predicted molar refractivity (Wildman–Crippen MR) is 102 cm³/mol. The van der Waals surface area contributed by atoms with Gasteiger partial charge in [-0.2, -0.15) is 14.0 Å². The highest BCUT2D eigenvalue weighted by Gasteiger charge is 2.35. The lowest BCUT2D eigenvalue weighted by atomic mass is 9.77. The van der Waals surface area contributed by atoms with Crippen molar-refractivity contribution >= 4 is 0 Å². The second kappa shape index (κ2) is 8.68. The predicted octanol–water partition coefficient (Wildman–Crippen LogP) is 6.90. The quantitative estimate of drug-likeness (QED) is 0.540. The van der Waals surface area contributed by atoms with Gasteiger partial charge in [-0.15, -0.1) is 0 Å². The van der Waals surface area contributed by atoms with Crippen molar-refractivity contribution in [2.24, 2.45) is 5.92 Å². The van der Waals surface area contributed by atoms with E-state index in [1.54, 1.807) is 18.2 Å². The minimum Gasteiger partial charge on any atom is -0.429 e. The maximum absolute atomic E-state index is 14.4. The van der Waals surface area contributed by atoms with Gasteiger partial charge < -0.3 is 4.74 Å². The van der Waals surface area contributed by atoms with Gasteiger partial charge in [0, 0.05) is 0 Å². The van der Waals surface area contributed by atoms with Crippen LogP contribution in [0, 0.1) is 23.1 Å². The molecular formula is C23H24F3NO. The zero-order valence-corrected chi connectivity index (χ0v) is 15.9. The molecule has 2 aromatic rings. The van der Waals surface area contributed by atoms with Crippen molar-refractivity contribution in [3.63, 3.8) is 0 Å². The SMILES string of the molecule is CCCC1CCC(c2ccc(OC(F)(F)c3ccc(C#N)c(F)c3)cc2)CC1. The standard InChI is InChI=1S/C23H24F3NO/c1-2-3-16-4-6-17(7-5-16)18-9-12-21(13-10-18)28-23(25,26)20-11-8-19(15-27)22(24)14-20/h8-14,16-17H,2-7H2,1H3. The van der Waals surface area contributed by atoms with Crippen LogP contribution in [0.15, 0.2) is 42.5 Å². The molecular weight excluding hydrogens is 363 g/mol. The number of hydrogen-bond acceptors (Lipinski definition) is 2. The van der Waals surface area contributed by atoms with Gasteiger partial charge >= 0.3 is 6.11 Å². The summed E-state index contributed by atoms with van der Waals surface area (Å²) in [5.74, 6) is 0.320. The van der Waals surface area contributed by atoms with E-state index in [1.807, 2.05) is 12.1 Å². The largest absolute Gasteiger partial charge is 0.429 e. The van der Waals surface area contributed by atoms with Crippen LogP contribution in [0.5, 0.6) is 5.75 Å². The fourth-order valence-corrected chi connectivity index (χ4v) is 3.99. The molecule has 2 aromatic carbocycles. The summed E-state index contributed by atoms with van der Waals surface area (Å²) in [6, 6.07) is 11.1. The molecule has 1 aliphatic carbocycles. The molecule has 3 rings (SSSR count). The number of ether oxygens (including phenoxy) is 1. The zero-order valence-electron chi connectivity index (χ0n) is 15.9. The topological polar surface area (TPSA) is 33.0 Å². The van der Waals surface area contributed by atoms with E-state index >= 15 is 0 Å². The third kappa shape index (κ3) is 4.67. The normalized spacial score (nSPS) is 19.8. The van der Waals surface area contributed by atoms with E-state index < -0.39 is 17.5 Å². The van der Waals surface area contributed by atoms with Gasteiger partial charge in [-0.05, 0) is 73.4 Å². The molecule has 0 amide bonds. The summed E-state index contributed by atoms with van der Waals surface area (Å²) in [5, 5.41) is 8.71. The van der Waals surface area contributed by atoms with E-state index in [1.165, 1.54) is 25.7 Å². The fraction of sp³-hybridized carbons (Fsp3) is 0.435. The first kappa shape index (κ1) is 20.3. The lowest BCUT2D eigenvalue weighted by Crippen LogP contribution is -2.22. The molecule has 0 unspecified atom stereocenters. The molecule has 0 N–H and O–H groups in total. The van der Waals surface area contributed by atoms with Crippen LogP contribution in [0.4, 0.5) is 13.2 Å². The van der Waals surface area contributed by atoms with Crippen LogP contribution < -0.4 is 4.74 Å². The summed E-state index contributed by atoms with van der Waals surface area (Å²) in [5.41, 5.74) is 0.245. The average Bonchev–Trinajstić information content (AvgIpc) is 2.69. The molecule has 28 heavy (non-hydrogen) atoms. The van der Waals surface area contributed by atoms with Gasteiger partial charge in [0.15, 0.2) is 0 Å². The number of alkyl halides is 2. The summed E-state index contributed by atoms with van der Waals surface area (Å²) >= 11 is 0. The van der Waals surface area contributed by atoms with Crippen molar-refractivity contribution in [1.82, 2.24) is 0 Å². The van der Waals surface area contributed by atoms with Crippen LogP contribution in [-0.2, 0) is 6.11 Å². The molecule has 5 heteroatoms. The van der Waals surface area contributed by atoms with E-state index in [9.17, 15) is 13.2 Å². The molecule has 2 nitrogen and oxygen atoms in total. The van der Waals surface area contributed by atoms with Crippen molar-refractivity contribution in [3.8, 4) is 11.8 Å². The van der Waals surface area contributed by atoms with Gasteiger partial charge in [0.25, 0.3) is 0 Å². The van der Waals surface area contributed by atoms with Crippen LogP contribution in [-0.4, -0.2) is 0 Å². The van der Waals surface area contributed by atoms with Crippen LogP contribution in [0.25, 0.3) is 0 Å². The Morgan fingerprint density at radius 1 is 1.07 bits per heavy atom. The van der Waals surface area contributed by atoms with Gasteiger partial charge in [-0.3, -0.25) is 0 Å². The Balaban J connectivity index is 1.65. The second-order valence-electron chi connectivity index (χ2n) is 7.50. The van der Waals surface area contributed by atoms with Crippen molar-refractivity contribution < 1.29 is 17.9 Å². The van der Waals surface area contributed by atoms with Crippen molar-refractivity contribution in [2.75, 3.05) is 0 Å². The highest BCUT2D eigenvalue weighted by Crippen LogP contribution is 2.38. The Labute approximate surface area is 163 Å². The summed E-state index contributed by atoms with van der Waals surface area (Å²) in [4.78, 5) is 0. The smallest absolute Gasteiger partial charge is 0.426 e. The molecule has 1 fully saturated rings. The van der Waals surface area contributed by atoms with Crippen molar-refractivity contribution in [3.05, 3.63) is 65.0 Å². The summed E-state index contributed by atoms with van der Waals surface area (Å²) < 4.78 is 47.2. The maximum atomic E-state index is 14.4. The summed E-state index contributed by atoms with van der Waals surface area (Å²) in [6.45, 7) is 2.22. The molecule has 0 bridgehead atoms. The molecule has 1 saturated carbocycles. The van der Waals surface area contributed by atoms with Crippen molar-refractivity contribution in [1.29, 1.82) is 5.26 Å². The Hall–Kier alpha value is -2.48. The van der Waals surface area contributed by atoms with Gasteiger partial charge in [0.05, 0.1) is 11.1 Å². The minimum atomic E-state index is -3.69. The van der Waals surface area contributed by atoms with E-state index in [0.717, 1.165) is 36.5 Å². The number of benzene rings is 2. The van der Waals surface area contributed by atoms with E-state index in [0.29, 0.717) is 12.0 Å². The summed E-state index contributed by atoms with van der Waals surface area (Å²) in [6.07, 6.45) is 3.52. The first-order valence-corrected chi connectivity index (χ1v) is 9.80. The van der Waals surface area contributed by atoms with E-state index in [2.05, 4.69) is 6.92 Å². The third-order valence-corrected chi connectivity index (χ3v) is 5.57. The highest BCUT2D eigenvalue weighted by atomic mass is 19.3. The van der Waals surface area contributed by atoms with Gasteiger partial charge in [0.2, 0.25) is 0 Å². The molecule has 148 valence electrons.